The van der Waals surface area contributed by atoms with Gasteiger partial charge in [0.05, 0.1) is 10.9 Å². The average Bonchev–Trinajstić information content (AvgIpc) is 2.63. The molecule has 1 aromatic heterocycles. The van der Waals surface area contributed by atoms with Crippen molar-refractivity contribution >= 4 is 28.5 Å². The number of hydrogen-bond acceptors (Lipinski definition) is 3. The summed E-state index contributed by atoms with van der Waals surface area (Å²) in [7, 11) is 0. The maximum atomic E-state index is 12.8. The van der Waals surface area contributed by atoms with Crippen LogP contribution in [0.1, 0.15) is 34.6 Å². The number of rotatable bonds is 2. The number of allylic oxidation sites excluding steroid dienone is 1. The third kappa shape index (κ3) is 2.74. The summed E-state index contributed by atoms with van der Waals surface area (Å²) in [5, 5.41) is 0.509. The molecule has 0 aliphatic carbocycles. The van der Waals surface area contributed by atoms with E-state index in [1.54, 1.807) is 22.8 Å². The normalized spacial score (nSPS) is 15.3. The van der Waals surface area contributed by atoms with E-state index in [4.69, 9.17) is 5.73 Å². The first-order chi connectivity index (χ1) is 12.1. The third-order valence-electron chi connectivity index (χ3n) is 4.50. The molecule has 0 saturated heterocycles. The minimum absolute atomic E-state index is 0.0744. The third-order valence-corrected chi connectivity index (χ3v) is 4.50. The Morgan fingerprint density at radius 3 is 2.72 bits per heavy atom. The number of amides is 1. The quantitative estimate of drug-likeness (QED) is 0.784. The van der Waals surface area contributed by atoms with E-state index in [1.165, 1.54) is 0 Å². The molecule has 0 unspecified atom stereocenters. The Balaban J connectivity index is 1.94. The van der Waals surface area contributed by atoms with Crippen LogP contribution in [0.5, 0.6) is 0 Å². The molecule has 0 saturated carbocycles. The van der Waals surface area contributed by atoms with Gasteiger partial charge in [0.15, 0.2) is 0 Å². The first-order valence-electron chi connectivity index (χ1n) is 8.24. The van der Waals surface area contributed by atoms with Crippen LogP contribution in [0.25, 0.3) is 22.6 Å². The zero-order valence-electron chi connectivity index (χ0n) is 13.6. The van der Waals surface area contributed by atoms with E-state index in [0.29, 0.717) is 28.8 Å². The molecule has 4 rings (SSSR count). The van der Waals surface area contributed by atoms with E-state index in [1.807, 2.05) is 30.3 Å². The van der Waals surface area contributed by atoms with Crippen molar-refractivity contribution in [2.24, 2.45) is 5.73 Å². The van der Waals surface area contributed by atoms with Crippen molar-refractivity contribution in [2.75, 3.05) is 0 Å². The van der Waals surface area contributed by atoms with Crippen LogP contribution in [0.2, 0.25) is 0 Å². The fourth-order valence-corrected chi connectivity index (χ4v) is 3.25. The van der Waals surface area contributed by atoms with Crippen LogP contribution in [0, 0.1) is 0 Å². The largest absolute Gasteiger partial charge is 0.366 e. The average molecular weight is 331 g/mol. The van der Waals surface area contributed by atoms with Gasteiger partial charge in [0.25, 0.3) is 5.56 Å². The topological polar surface area (TPSA) is 78.0 Å². The number of carbonyl (C=O) groups is 1. The lowest BCUT2D eigenvalue weighted by Gasteiger charge is -2.21. The monoisotopic (exact) mass is 331 g/mol. The van der Waals surface area contributed by atoms with Crippen molar-refractivity contribution in [3.63, 3.8) is 0 Å². The van der Waals surface area contributed by atoms with E-state index in [0.717, 1.165) is 24.0 Å². The highest BCUT2D eigenvalue weighted by atomic mass is 16.1. The van der Waals surface area contributed by atoms with E-state index >= 15 is 0 Å². The predicted molar refractivity (Wildman–Crippen MR) is 98.1 cm³/mol. The zero-order chi connectivity index (χ0) is 17.4. The van der Waals surface area contributed by atoms with Crippen molar-refractivity contribution in [1.82, 2.24) is 9.55 Å². The summed E-state index contributed by atoms with van der Waals surface area (Å²) >= 11 is 0. The molecule has 2 aromatic carbocycles. The molecule has 124 valence electrons. The number of nitrogens with zero attached hydrogens (tertiary/aromatic N) is 2. The number of primary amides is 1. The highest BCUT2D eigenvalue weighted by Crippen LogP contribution is 2.27. The number of carbonyl (C=O) groups excluding carboxylic acids is 1. The summed E-state index contributed by atoms with van der Waals surface area (Å²) < 4.78 is 1.73. The molecule has 5 heteroatoms. The summed E-state index contributed by atoms with van der Waals surface area (Å²) in [5.41, 5.74) is 8.24. The summed E-state index contributed by atoms with van der Waals surface area (Å²) in [6, 6.07) is 14.8. The molecule has 3 aromatic rings. The van der Waals surface area contributed by atoms with E-state index in [2.05, 4.69) is 11.1 Å². The Morgan fingerprint density at radius 1 is 1.16 bits per heavy atom. The van der Waals surface area contributed by atoms with E-state index in [9.17, 15) is 9.59 Å². The number of nitrogens with two attached hydrogens (primary N) is 1. The molecule has 0 spiro atoms. The van der Waals surface area contributed by atoms with Crippen molar-refractivity contribution in [2.45, 2.75) is 19.4 Å². The van der Waals surface area contributed by atoms with Gasteiger partial charge < -0.3 is 5.73 Å². The van der Waals surface area contributed by atoms with Crippen LogP contribution < -0.4 is 11.3 Å². The van der Waals surface area contributed by atoms with Crippen LogP contribution in [0.15, 0.2) is 53.3 Å². The fraction of sp³-hybridized carbons (Fsp3) is 0.150. The summed E-state index contributed by atoms with van der Waals surface area (Å²) in [5.74, 6) is 0.149. The minimum atomic E-state index is -0.526. The first kappa shape index (κ1) is 15.3. The van der Waals surface area contributed by atoms with Crippen molar-refractivity contribution < 1.29 is 4.79 Å². The van der Waals surface area contributed by atoms with Crippen molar-refractivity contribution in [3.8, 4) is 0 Å². The molecule has 5 nitrogen and oxygen atoms in total. The zero-order valence-corrected chi connectivity index (χ0v) is 13.6. The second kappa shape index (κ2) is 6.02. The van der Waals surface area contributed by atoms with Gasteiger partial charge in [-0.2, -0.15) is 0 Å². The van der Waals surface area contributed by atoms with Gasteiger partial charge in [0, 0.05) is 12.1 Å². The van der Waals surface area contributed by atoms with Crippen molar-refractivity contribution in [1.29, 1.82) is 0 Å². The minimum Gasteiger partial charge on any atom is -0.366 e. The molecular weight excluding hydrogens is 314 g/mol. The Kier molecular flexibility index (Phi) is 3.69. The molecule has 1 aliphatic rings. The SMILES string of the molecule is NC(=O)c1ccc2c(=O)n3c(nc2c1)/C(=C/c1ccccc1)CCC3. The molecule has 1 amide bonds. The predicted octanol–water partition coefficient (Wildman–Crippen LogP) is 2.83. The number of benzene rings is 2. The highest BCUT2D eigenvalue weighted by Gasteiger charge is 2.19. The number of hydrogen-bond donors (Lipinski definition) is 1. The maximum absolute atomic E-state index is 12.8. The molecule has 0 atom stereocenters. The van der Waals surface area contributed by atoms with Crippen LogP contribution in [-0.4, -0.2) is 15.5 Å². The molecule has 1 aliphatic heterocycles. The first-order valence-corrected chi connectivity index (χ1v) is 8.24. The van der Waals surface area contributed by atoms with Crippen molar-refractivity contribution in [3.05, 3.63) is 75.8 Å². The molecule has 0 bridgehead atoms. The van der Waals surface area contributed by atoms with Gasteiger partial charge in [0.1, 0.15) is 5.82 Å². The molecule has 2 heterocycles. The lowest BCUT2D eigenvalue weighted by atomic mass is 10.0. The maximum Gasteiger partial charge on any atom is 0.261 e. The standard InChI is InChI=1S/C20H17N3O2/c21-18(24)14-8-9-16-17(12-14)22-19-15(7-4-10-23(19)20(16)25)11-13-5-2-1-3-6-13/h1-3,5-6,8-9,11-12H,4,7,10H2,(H2,21,24)/b15-11+. The Bertz CT molecular complexity index is 1070. The molecule has 25 heavy (non-hydrogen) atoms. The second-order valence-corrected chi connectivity index (χ2v) is 6.17. The smallest absolute Gasteiger partial charge is 0.261 e. The van der Waals surface area contributed by atoms with Gasteiger partial charge in [0.2, 0.25) is 5.91 Å². The summed E-state index contributed by atoms with van der Waals surface area (Å²) in [4.78, 5) is 28.9. The molecule has 0 radical (unpaired) electrons. The van der Waals surface area contributed by atoms with Crippen LogP contribution in [-0.2, 0) is 6.54 Å². The number of aromatic nitrogens is 2. The second-order valence-electron chi connectivity index (χ2n) is 6.17. The highest BCUT2D eigenvalue weighted by molar-refractivity contribution is 5.96. The van der Waals surface area contributed by atoms with E-state index < -0.39 is 5.91 Å². The van der Waals surface area contributed by atoms with E-state index in [-0.39, 0.29) is 5.56 Å². The lowest BCUT2D eigenvalue weighted by molar-refractivity contribution is 0.100. The van der Waals surface area contributed by atoms with Crippen LogP contribution >= 0.6 is 0 Å². The molecule has 2 N–H and O–H groups in total. The van der Waals surface area contributed by atoms with Gasteiger partial charge >= 0.3 is 0 Å². The number of fused-ring (bicyclic) bond motifs is 2. The van der Waals surface area contributed by atoms with Gasteiger partial charge in [-0.25, -0.2) is 4.98 Å². The molecule has 0 fully saturated rings. The fourth-order valence-electron chi connectivity index (χ4n) is 3.25. The van der Waals surface area contributed by atoms with Crippen LogP contribution in [0.3, 0.4) is 0 Å². The van der Waals surface area contributed by atoms with Gasteiger partial charge in [-0.1, -0.05) is 30.3 Å². The van der Waals surface area contributed by atoms with Gasteiger partial charge in [-0.05, 0) is 48.3 Å². The Morgan fingerprint density at radius 2 is 1.96 bits per heavy atom. The Labute approximate surface area is 144 Å². The summed E-state index contributed by atoms with van der Waals surface area (Å²) in [6.07, 6.45) is 3.84. The van der Waals surface area contributed by atoms with Crippen LogP contribution in [0.4, 0.5) is 0 Å². The lowest BCUT2D eigenvalue weighted by Crippen LogP contribution is -2.28. The Hall–Kier alpha value is -3.21. The summed E-state index contributed by atoms with van der Waals surface area (Å²) in [6.45, 7) is 0.654. The van der Waals surface area contributed by atoms with Gasteiger partial charge in [-0.3, -0.25) is 14.2 Å². The molecular formula is C20H17N3O2. The van der Waals surface area contributed by atoms with Gasteiger partial charge in [-0.15, -0.1) is 0 Å².